The zero-order valence-electron chi connectivity index (χ0n) is 12.7. The third-order valence-corrected chi connectivity index (χ3v) is 4.33. The van der Waals surface area contributed by atoms with Crippen LogP contribution >= 0.6 is 0 Å². The van der Waals surface area contributed by atoms with Crippen molar-refractivity contribution in [2.45, 2.75) is 65.3 Å². The fraction of sp³-hybridized carbons (Fsp3) is 0.647. The fourth-order valence-electron chi connectivity index (χ4n) is 2.91. The quantitative estimate of drug-likeness (QED) is 0.729. The van der Waals surface area contributed by atoms with Gasteiger partial charge in [-0.1, -0.05) is 39.8 Å². The maximum Gasteiger partial charge on any atom is 0.0409 e. The van der Waals surface area contributed by atoms with Crippen molar-refractivity contribution < 1.29 is 0 Å². The average molecular weight is 245 g/mol. The van der Waals surface area contributed by atoms with Crippen LogP contribution in [0.25, 0.3) is 0 Å². The van der Waals surface area contributed by atoms with E-state index < -0.39 is 0 Å². The molecular formula is C17H27N. The van der Waals surface area contributed by atoms with Crippen LogP contribution < -0.4 is 4.90 Å². The highest BCUT2D eigenvalue weighted by atomic mass is 15.2. The Bertz CT molecular complexity index is 429. The van der Waals surface area contributed by atoms with E-state index in [1.165, 1.54) is 29.8 Å². The fourth-order valence-corrected chi connectivity index (χ4v) is 2.91. The normalized spacial score (nSPS) is 18.3. The Morgan fingerprint density at radius 1 is 1.11 bits per heavy atom. The molecule has 0 amide bonds. The summed E-state index contributed by atoms with van der Waals surface area (Å²) in [5, 5.41) is 0. The molecule has 0 atom stereocenters. The van der Waals surface area contributed by atoms with Crippen LogP contribution in [0.15, 0.2) is 18.2 Å². The van der Waals surface area contributed by atoms with Crippen LogP contribution in [0.5, 0.6) is 0 Å². The molecule has 1 heterocycles. The van der Waals surface area contributed by atoms with E-state index in [-0.39, 0.29) is 0 Å². The van der Waals surface area contributed by atoms with Crippen LogP contribution in [-0.2, 0) is 5.41 Å². The lowest BCUT2D eigenvalue weighted by Crippen LogP contribution is -2.41. The largest absolute Gasteiger partial charge is 0.369 e. The summed E-state index contributed by atoms with van der Waals surface area (Å²) in [5.74, 6) is 0.606. The number of hydrogen-bond donors (Lipinski definition) is 0. The third kappa shape index (κ3) is 2.28. The van der Waals surface area contributed by atoms with Crippen LogP contribution in [0.1, 0.15) is 65.0 Å². The summed E-state index contributed by atoms with van der Waals surface area (Å²) in [6, 6.07) is 7.68. The molecule has 0 spiro atoms. The van der Waals surface area contributed by atoms with Crippen molar-refractivity contribution in [3.05, 3.63) is 29.3 Å². The Morgan fingerprint density at radius 3 is 2.33 bits per heavy atom. The molecule has 1 aliphatic rings. The van der Waals surface area contributed by atoms with Crippen LogP contribution in [0, 0.1) is 0 Å². The highest BCUT2D eigenvalue weighted by molar-refractivity contribution is 5.61. The third-order valence-electron chi connectivity index (χ3n) is 4.33. The summed E-state index contributed by atoms with van der Waals surface area (Å²) in [6.45, 7) is 15.1. The zero-order chi connectivity index (χ0) is 13.5. The molecule has 0 N–H and O–H groups in total. The average Bonchev–Trinajstić information content (AvgIpc) is 2.27. The Labute approximate surface area is 112 Å². The van der Waals surface area contributed by atoms with Crippen LogP contribution in [0.4, 0.5) is 5.69 Å². The monoisotopic (exact) mass is 245 g/mol. The molecule has 2 rings (SSSR count). The second kappa shape index (κ2) is 4.60. The van der Waals surface area contributed by atoms with E-state index in [0.717, 1.165) is 0 Å². The molecule has 0 aliphatic carbocycles. The van der Waals surface area contributed by atoms with Gasteiger partial charge >= 0.3 is 0 Å². The van der Waals surface area contributed by atoms with Gasteiger partial charge in [0, 0.05) is 18.3 Å². The summed E-state index contributed by atoms with van der Waals surface area (Å²) in [5.41, 5.74) is 4.76. The number of nitrogens with zero attached hydrogens (tertiary/aromatic N) is 1. The van der Waals surface area contributed by atoms with Crippen molar-refractivity contribution in [3.63, 3.8) is 0 Å². The molecule has 1 aromatic carbocycles. The second-order valence-electron chi connectivity index (χ2n) is 6.85. The number of fused-ring (bicyclic) bond motifs is 1. The lowest BCUT2D eigenvalue weighted by Gasteiger charge is -2.42. The number of hydrogen-bond acceptors (Lipinski definition) is 1. The van der Waals surface area contributed by atoms with Gasteiger partial charge in [0.05, 0.1) is 0 Å². The van der Waals surface area contributed by atoms with E-state index in [0.29, 0.717) is 17.4 Å². The molecule has 1 heteroatoms. The second-order valence-corrected chi connectivity index (χ2v) is 6.85. The minimum atomic E-state index is 0.316. The number of benzene rings is 1. The van der Waals surface area contributed by atoms with E-state index in [1.54, 1.807) is 0 Å². The van der Waals surface area contributed by atoms with Crippen molar-refractivity contribution in [1.82, 2.24) is 0 Å². The van der Waals surface area contributed by atoms with E-state index >= 15 is 0 Å². The summed E-state index contributed by atoms with van der Waals surface area (Å²) in [6.07, 6.45) is 1.25. The minimum absolute atomic E-state index is 0.316. The van der Waals surface area contributed by atoms with Gasteiger partial charge in [0.2, 0.25) is 0 Å². The maximum absolute atomic E-state index is 2.56. The van der Waals surface area contributed by atoms with Crippen molar-refractivity contribution in [2.24, 2.45) is 0 Å². The summed E-state index contributed by atoms with van der Waals surface area (Å²) in [4.78, 5) is 2.56. The van der Waals surface area contributed by atoms with Gasteiger partial charge in [0.15, 0.2) is 0 Å². The van der Waals surface area contributed by atoms with Gasteiger partial charge in [-0.3, -0.25) is 0 Å². The molecule has 1 nitrogen and oxygen atoms in total. The molecule has 0 unspecified atom stereocenters. The maximum atomic E-state index is 2.56. The van der Waals surface area contributed by atoms with Gasteiger partial charge in [-0.2, -0.15) is 0 Å². The molecule has 100 valence electrons. The lowest BCUT2D eigenvalue weighted by atomic mass is 9.76. The van der Waals surface area contributed by atoms with E-state index in [4.69, 9.17) is 0 Å². The Kier molecular flexibility index (Phi) is 3.44. The first-order valence-corrected chi connectivity index (χ1v) is 7.24. The van der Waals surface area contributed by atoms with Crippen LogP contribution in [0.2, 0.25) is 0 Å². The highest BCUT2D eigenvalue weighted by Gasteiger charge is 2.32. The van der Waals surface area contributed by atoms with Gasteiger partial charge < -0.3 is 4.90 Å². The molecule has 18 heavy (non-hydrogen) atoms. The first-order chi connectivity index (χ1) is 8.33. The minimum Gasteiger partial charge on any atom is -0.369 e. The van der Waals surface area contributed by atoms with E-state index in [2.05, 4.69) is 64.6 Å². The van der Waals surface area contributed by atoms with Gasteiger partial charge in [-0.25, -0.2) is 0 Å². The van der Waals surface area contributed by atoms with E-state index in [9.17, 15) is 0 Å². The Hall–Kier alpha value is -0.980. The summed E-state index contributed by atoms with van der Waals surface area (Å²) < 4.78 is 0. The molecule has 0 bridgehead atoms. The number of rotatable bonds is 2. The standard InChI is InChI=1S/C17H27N/c1-12(2)14-7-8-15-16(11-14)18(13(3)4)10-9-17(15,5)6/h7-8,11-13H,9-10H2,1-6H3. The molecule has 0 saturated heterocycles. The molecular weight excluding hydrogens is 218 g/mol. The SMILES string of the molecule is CC(C)c1ccc2c(c1)N(C(C)C)CCC2(C)C. The van der Waals surface area contributed by atoms with Crippen LogP contribution in [0.3, 0.4) is 0 Å². The summed E-state index contributed by atoms with van der Waals surface area (Å²) in [7, 11) is 0. The molecule has 0 radical (unpaired) electrons. The molecule has 0 fully saturated rings. The van der Waals surface area contributed by atoms with Crippen molar-refractivity contribution in [1.29, 1.82) is 0 Å². The first kappa shape index (κ1) is 13.5. The lowest BCUT2D eigenvalue weighted by molar-refractivity contribution is 0.442. The molecule has 1 aliphatic heterocycles. The Morgan fingerprint density at radius 2 is 1.78 bits per heavy atom. The Balaban J connectivity index is 2.53. The summed E-state index contributed by atoms with van der Waals surface area (Å²) >= 11 is 0. The van der Waals surface area contributed by atoms with Crippen LogP contribution in [-0.4, -0.2) is 12.6 Å². The van der Waals surface area contributed by atoms with Gasteiger partial charge in [-0.15, -0.1) is 0 Å². The van der Waals surface area contributed by atoms with Crippen molar-refractivity contribution in [3.8, 4) is 0 Å². The topological polar surface area (TPSA) is 3.24 Å². The zero-order valence-corrected chi connectivity index (χ0v) is 12.7. The predicted molar refractivity (Wildman–Crippen MR) is 80.7 cm³/mol. The van der Waals surface area contributed by atoms with Crippen molar-refractivity contribution >= 4 is 5.69 Å². The molecule has 0 aromatic heterocycles. The smallest absolute Gasteiger partial charge is 0.0409 e. The number of anilines is 1. The van der Waals surface area contributed by atoms with Gasteiger partial charge in [0.1, 0.15) is 0 Å². The van der Waals surface area contributed by atoms with Crippen molar-refractivity contribution in [2.75, 3.05) is 11.4 Å². The van der Waals surface area contributed by atoms with E-state index in [1.807, 2.05) is 0 Å². The predicted octanol–water partition coefficient (Wildman–Crippen LogP) is 4.71. The van der Waals surface area contributed by atoms with Gasteiger partial charge in [0.25, 0.3) is 0 Å². The highest BCUT2D eigenvalue weighted by Crippen LogP contribution is 2.41. The molecule has 0 saturated carbocycles. The van der Waals surface area contributed by atoms with Gasteiger partial charge in [-0.05, 0) is 48.8 Å². The first-order valence-electron chi connectivity index (χ1n) is 7.24. The molecule has 1 aromatic rings.